The topological polar surface area (TPSA) is 53.4 Å². The lowest BCUT2D eigenvalue weighted by Gasteiger charge is -2.10. The van der Waals surface area contributed by atoms with Crippen molar-refractivity contribution in [1.82, 2.24) is 9.78 Å². The molecular weight excluding hydrogens is 408 g/mol. The summed E-state index contributed by atoms with van der Waals surface area (Å²) >= 11 is 3.53. The van der Waals surface area contributed by atoms with Crippen LogP contribution >= 0.6 is 15.9 Å². The van der Waals surface area contributed by atoms with Gasteiger partial charge in [0.1, 0.15) is 18.1 Å². The number of esters is 1. The molecule has 0 amide bonds. The molecule has 0 bridgehead atoms. The molecule has 0 unspecified atom stereocenters. The molecule has 0 aliphatic heterocycles. The molecule has 1 heterocycles. The van der Waals surface area contributed by atoms with Gasteiger partial charge in [-0.2, -0.15) is 5.10 Å². The molecular formula is C21H23BrN2O3. The van der Waals surface area contributed by atoms with Crippen molar-refractivity contribution in [1.29, 1.82) is 0 Å². The van der Waals surface area contributed by atoms with E-state index in [2.05, 4.69) is 41.9 Å². The van der Waals surface area contributed by atoms with Crippen LogP contribution in [-0.4, -0.2) is 22.4 Å². The molecule has 0 spiro atoms. The molecule has 142 valence electrons. The van der Waals surface area contributed by atoms with Crippen molar-refractivity contribution in [2.24, 2.45) is 0 Å². The fourth-order valence-electron chi connectivity index (χ4n) is 2.98. The number of para-hydroxylation sites is 1. The lowest BCUT2D eigenvalue weighted by Crippen LogP contribution is -2.09. The highest BCUT2D eigenvalue weighted by Gasteiger charge is 2.15. The minimum atomic E-state index is -0.257. The number of carbonyl (C=O) groups excluding carboxylic acids is 1. The van der Waals surface area contributed by atoms with Crippen LogP contribution in [0.25, 0.3) is 10.9 Å². The first-order chi connectivity index (χ1) is 13.0. The van der Waals surface area contributed by atoms with E-state index < -0.39 is 0 Å². The summed E-state index contributed by atoms with van der Waals surface area (Å²) in [6, 6.07) is 13.9. The lowest BCUT2D eigenvalue weighted by molar-refractivity contribution is -0.142. The number of carbonyl (C=O) groups is 1. The van der Waals surface area contributed by atoms with Crippen molar-refractivity contribution in [3.8, 4) is 5.75 Å². The van der Waals surface area contributed by atoms with Gasteiger partial charge in [0.15, 0.2) is 0 Å². The predicted molar refractivity (Wildman–Crippen MR) is 109 cm³/mol. The first-order valence-electron chi connectivity index (χ1n) is 9.02. The van der Waals surface area contributed by atoms with Gasteiger partial charge in [-0.3, -0.25) is 9.48 Å². The van der Waals surface area contributed by atoms with E-state index in [0.717, 1.165) is 26.6 Å². The molecule has 0 fully saturated rings. The zero-order chi connectivity index (χ0) is 19.4. The molecule has 0 aliphatic rings. The maximum Gasteiger partial charge on any atom is 0.310 e. The summed E-state index contributed by atoms with van der Waals surface area (Å²) in [5.74, 6) is 0.416. The number of rotatable bonds is 7. The van der Waals surface area contributed by atoms with Crippen LogP contribution in [0.5, 0.6) is 5.75 Å². The number of hydrogen-bond donors (Lipinski definition) is 0. The molecule has 6 heteroatoms. The monoisotopic (exact) mass is 430 g/mol. The van der Waals surface area contributed by atoms with Crippen LogP contribution in [-0.2, 0) is 22.6 Å². The number of hydrogen-bond acceptors (Lipinski definition) is 4. The molecule has 1 aromatic heterocycles. The third-order valence-corrected chi connectivity index (χ3v) is 4.70. The maximum absolute atomic E-state index is 11.8. The summed E-state index contributed by atoms with van der Waals surface area (Å²) in [5.41, 5.74) is 2.75. The zero-order valence-corrected chi connectivity index (χ0v) is 17.3. The van der Waals surface area contributed by atoms with E-state index in [1.807, 2.05) is 35.0 Å². The number of nitrogens with zero attached hydrogens (tertiary/aromatic N) is 2. The van der Waals surface area contributed by atoms with Gasteiger partial charge >= 0.3 is 5.97 Å². The van der Waals surface area contributed by atoms with Gasteiger partial charge in [0.2, 0.25) is 0 Å². The molecule has 3 aromatic rings. The molecule has 5 nitrogen and oxygen atoms in total. The Balaban J connectivity index is 1.85. The second-order valence-electron chi connectivity index (χ2n) is 6.52. The van der Waals surface area contributed by atoms with Crippen LogP contribution in [0.2, 0.25) is 0 Å². The average Bonchev–Trinajstić information content (AvgIpc) is 2.99. The van der Waals surface area contributed by atoms with Gasteiger partial charge in [-0.05, 0) is 45.0 Å². The molecule has 0 saturated heterocycles. The number of fused-ring (bicyclic) bond motifs is 1. The highest BCUT2D eigenvalue weighted by Crippen LogP contribution is 2.27. The summed E-state index contributed by atoms with van der Waals surface area (Å²) in [7, 11) is 0. The van der Waals surface area contributed by atoms with E-state index in [0.29, 0.717) is 19.0 Å². The Bertz CT molecular complexity index is 950. The quantitative estimate of drug-likeness (QED) is 0.491. The third-order valence-electron chi connectivity index (χ3n) is 4.21. The molecule has 27 heavy (non-hydrogen) atoms. The van der Waals surface area contributed by atoms with Gasteiger partial charge < -0.3 is 9.47 Å². The van der Waals surface area contributed by atoms with E-state index in [9.17, 15) is 4.79 Å². The Morgan fingerprint density at radius 3 is 2.74 bits per heavy atom. The second-order valence-corrected chi connectivity index (χ2v) is 7.44. The van der Waals surface area contributed by atoms with Gasteiger partial charge in [-0.1, -0.05) is 34.1 Å². The smallest absolute Gasteiger partial charge is 0.310 e. The molecule has 0 radical (unpaired) electrons. The summed E-state index contributed by atoms with van der Waals surface area (Å²) < 4.78 is 14.1. The Hall–Kier alpha value is -2.34. The van der Waals surface area contributed by atoms with Gasteiger partial charge in [0.05, 0.1) is 18.5 Å². The molecule has 0 aliphatic carbocycles. The standard InChI is InChI=1S/C21H23BrN2O3/c1-4-26-21(25)11-15-7-5-6-8-20(15)27-13-18-17-12-16(22)9-10-19(17)24(23-18)14(2)3/h5-10,12,14H,4,11,13H2,1-3H3. The minimum absolute atomic E-state index is 0.191. The number of benzene rings is 2. The van der Waals surface area contributed by atoms with Gasteiger partial charge in [0.25, 0.3) is 0 Å². The van der Waals surface area contributed by atoms with Crippen LogP contribution in [0.3, 0.4) is 0 Å². The van der Waals surface area contributed by atoms with E-state index >= 15 is 0 Å². The summed E-state index contributed by atoms with van der Waals surface area (Å²) in [6.07, 6.45) is 0.191. The Morgan fingerprint density at radius 2 is 2.00 bits per heavy atom. The maximum atomic E-state index is 11.8. The van der Waals surface area contributed by atoms with Crippen molar-refractivity contribution in [3.05, 3.63) is 58.2 Å². The Kier molecular flexibility index (Phi) is 6.16. The number of ether oxygens (including phenoxy) is 2. The van der Waals surface area contributed by atoms with Crippen molar-refractivity contribution >= 4 is 32.8 Å². The van der Waals surface area contributed by atoms with Crippen LogP contribution in [0.15, 0.2) is 46.9 Å². The lowest BCUT2D eigenvalue weighted by atomic mass is 10.1. The highest BCUT2D eigenvalue weighted by molar-refractivity contribution is 9.10. The minimum Gasteiger partial charge on any atom is -0.487 e. The van der Waals surface area contributed by atoms with Crippen LogP contribution in [0.1, 0.15) is 38.1 Å². The highest BCUT2D eigenvalue weighted by atomic mass is 79.9. The van der Waals surface area contributed by atoms with E-state index in [1.165, 1.54) is 0 Å². The fraction of sp³-hybridized carbons (Fsp3) is 0.333. The zero-order valence-electron chi connectivity index (χ0n) is 15.7. The molecule has 0 atom stereocenters. The average molecular weight is 431 g/mol. The van der Waals surface area contributed by atoms with Crippen molar-refractivity contribution in [2.45, 2.75) is 39.8 Å². The van der Waals surface area contributed by atoms with E-state index in [1.54, 1.807) is 6.92 Å². The summed E-state index contributed by atoms with van der Waals surface area (Å²) in [6.45, 7) is 6.71. The largest absolute Gasteiger partial charge is 0.487 e. The first-order valence-corrected chi connectivity index (χ1v) is 9.81. The van der Waals surface area contributed by atoms with Crippen LogP contribution in [0.4, 0.5) is 0 Å². The van der Waals surface area contributed by atoms with Gasteiger partial charge in [-0.25, -0.2) is 0 Å². The van der Waals surface area contributed by atoms with Gasteiger partial charge in [-0.15, -0.1) is 0 Å². The van der Waals surface area contributed by atoms with Crippen molar-refractivity contribution in [2.75, 3.05) is 6.61 Å². The van der Waals surface area contributed by atoms with Crippen molar-refractivity contribution in [3.63, 3.8) is 0 Å². The van der Waals surface area contributed by atoms with E-state index in [4.69, 9.17) is 14.6 Å². The second kappa shape index (κ2) is 8.57. The predicted octanol–water partition coefficient (Wildman–Crippen LogP) is 5.06. The van der Waals surface area contributed by atoms with Crippen molar-refractivity contribution < 1.29 is 14.3 Å². The fourth-order valence-corrected chi connectivity index (χ4v) is 3.34. The molecule has 0 N–H and O–H groups in total. The Morgan fingerprint density at radius 1 is 1.22 bits per heavy atom. The summed E-state index contributed by atoms with van der Waals surface area (Å²) in [4.78, 5) is 11.8. The molecule has 2 aromatic carbocycles. The Labute approximate surface area is 167 Å². The number of aromatic nitrogens is 2. The normalized spacial score (nSPS) is 11.1. The summed E-state index contributed by atoms with van der Waals surface area (Å²) in [5, 5.41) is 5.80. The third kappa shape index (κ3) is 4.50. The molecule has 0 saturated carbocycles. The van der Waals surface area contributed by atoms with Crippen LogP contribution in [0, 0.1) is 0 Å². The first kappa shape index (κ1) is 19.4. The number of halogens is 1. The van der Waals surface area contributed by atoms with E-state index in [-0.39, 0.29) is 18.4 Å². The van der Waals surface area contributed by atoms with Gasteiger partial charge in [0, 0.05) is 21.5 Å². The SMILES string of the molecule is CCOC(=O)Cc1ccccc1OCc1nn(C(C)C)c2ccc(Br)cc12. The molecule has 3 rings (SSSR count). The van der Waals surface area contributed by atoms with Crippen LogP contribution < -0.4 is 4.74 Å².